The molecule has 0 atom stereocenters. The molecule has 0 spiro atoms. The van der Waals surface area contributed by atoms with Gasteiger partial charge in [0.25, 0.3) is 11.8 Å². The van der Waals surface area contributed by atoms with Gasteiger partial charge in [-0.1, -0.05) is 42.8 Å². The molecule has 0 unspecified atom stereocenters. The number of rotatable bonds is 7. The quantitative estimate of drug-likeness (QED) is 0.245. The topological polar surface area (TPSA) is 163 Å². The lowest BCUT2D eigenvalue weighted by atomic mass is 10.1. The summed E-state index contributed by atoms with van der Waals surface area (Å²) in [6.45, 7) is 0.125. The van der Waals surface area contributed by atoms with Crippen molar-refractivity contribution >= 4 is 22.6 Å². The maximum atomic E-state index is 11.0. The monoisotopic (exact) mass is 439 g/mol. The highest BCUT2D eigenvalue weighted by atomic mass is 35.5. The van der Waals surface area contributed by atoms with Crippen molar-refractivity contribution in [1.82, 2.24) is 14.5 Å². The Morgan fingerprint density at radius 3 is 2.13 bits per heavy atom. The molecule has 11 heteroatoms. The van der Waals surface area contributed by atoms with Crippen LogP contribution >= 0.6 is 11.6 Å². The van der Waals surface area contributed by atoms with Gasteiger partial charge in [-0.05, 0) is 24.3 Å². The fourth-order valence-corrected chi connectivity index (χ4v) is 3.27. The van der Waals surface area contributed by atoms with Crippen LogP contribution in [0.1, 0.15) is 24.7 Å². The fourth-order valence-electron chi connectivity index (χ4n) is 3.14. The summed E-state index contributed by atoms with van der Waals surface area (Å²) in [5.74, 6) is -9.81. The average Bonchev–Trinajstić information content (AvgIpc) is 3.10. The van der Waals surface area contributed by atoms with E-state index in [1.807, 2.05) is 0 Å². The van der Waals surface area contributed by atoms with E-state index in [4.69, 9.17) is 11.6 Å². The van der Waals surface area contributed by atoms with E-state index in [9.17, 15) is 35.7 Å². The zero-order chi connectivity index (χ0) is 22.3. The molecule has 0 fully saturated rings. The van der Waals surface area contributed by atoms with Crippen molar-refractivity contribution in [1.29, 1.82) is 0 Å². The number of aliphatic hydroxyl groups is 7. The van der Waals surface area contributed by atoms with Crippen LogP contribution in [0.2, 0.25) is 5.02 Å². The highest BCUT2D eigenvalue weighted by Crippen LogP contribution is 2.35. The average molecular weight is 440 g/mol. The van der Waals surface area contributed by atoms with E-state index < -0.39 is 36.7 Å². The summed E-state index contributed by atoms with van der Waals surface area (Å²) in [4.78, 5) is 4.19. The molecule has 162 valence electrons. The van der Waals surface area contributed by atoms with Crippen LogP contribution in [0.4, 0.5) is 0 Å². The van der Waals surface area contributed by atoms with Crippen LogP contribution in [-0.4, -0.2) is 62.8 Å². The van der Waals surface area contributed by atoms with E-state index in [2.05, 4.69) is 4.98 Å². The maximum absolute atomic E-state index is 11.0. The number of imidazole rings is 1. The van der Waals surface area contributed by atoms with Crippen LogP contribution in [-0.2, 0) is 11.8 Å². The van der Waals surface area contributed by atoms with E-state index in [0.29, 0.717) is 9.59 Å². The Morgan fingerprint density at radius 2 is 1.57 bits per heavy atom. The van der Waals surface area contributed by atoms with E-state index in [1.54, 1.807) is 12.1 Å². The Hall–Kier alpha value is -2.12. The summed E-state index contributed by atoms with van der Waals surface area (Å²) >= 11 is 5.86. The van der Waals surface area contributed by atoms with Gasteiger partial charge in [-0.3, -0.25) is 4.57 Å². The van der Waals surface area contributed by atoms with Crippen molar-refractivity contribution in [3.8, 4) is 0 Å². The third-order valence-corrected chi connectivity index (χ3v) is 5.08. The van der Waals surface area contributed by atoms with Gasteiger partial charge in [-0.2, -0.15) is 4.90 Å². The first-order valence-corrected chi connectivity index (χ1v) is 9.32. The number of halogens is 1. The maximum Gasteiger partial charge on any atom is 0.293 e. The van der Waals surface area contributed by atoms with Crippen LogP contribution in [0, 0.1) is 0 Å². The van der Waals surface area contributed by atoms with Gasteiger partial charge in [-0.25, -0.2) is 4.98 Å². The third kappa shape index (κ3) is 3.69. The van der Waals surface area contributed by atoms with E-state index in [-0.39, 0.29) is 21.5 Å². The second-order valence-corrected chi connectivity index (χ2v) is 7.17. The van der Waals surface area contributed by atoms with Crippen LogP contribution < -0.4 is 0 Å². The highest BCUT2D eigenvalue weighted by molar-refractivity contribution is 6.30. The molecule has 1 heterocycles. The molecular weight excluding hydrogens is 418 g/mol. The highest BCUT2D eigenvalue weighted by Gasteiger charge is 2.50. The molecule has 7 N–H and O–H groups in total. The minimum absolute atomic E-state index is 0.0857. The second-order valence-electron chi connectivity index (χ2n) is 6.73. The normalized spacial score (nSPS) is 13.4. The van der Waals surface area contributed by atoms with Gasteiger partial charge < -0.3 is 35.7 Å². The second kappa shape index (κ2) is 7.85. The minimum atomic E-state index is -3.32. The first-order valence-electron chi connectivity index (χ1n) is 8.94. The van der Waals surface area contributed by atoms with Crippen molar-refractivity contribution in [3.63, 3.8) is 0 Å². The standard InChI is InChI=1S/C19H22ClN3O7/c1-2-17(25,26)22(11-24)19(29,30)16-21-14-5-3-4-6-15(14)23(16)18(27,28)12-7-9-13(20)10-8-12/h3-10,24-30H,2,11H2,1H3. The van der Waals surface area contributed by atoms with Crippen molar-refractivity contribution < 1.29 is 35.7 Å². The summed E-state index contributed by atoms with van der Waals surface area (Å²) in [6.07, 6.45) is -0.419. The number of aromatic nitrogens is 2. The SMILES string of the molecule is CCC(O)(O)N(CO)C(O)(O)c1nc2ccccc2n1C(O)(O)c1ccc(Cl)cc1. The molecule has 1 aromatic heterocycles. The van der Waals surface area contributed by atoms with E-state index in [1.165, 1.54) is 43.3 Å². The van der Waals surface area contributed by atoms with Crippen molar-refractivity contribution in [2.45, 2.75) is 31.1 Å². The molecule has 0 aliphatic heterocycles. The molecule has 0 saturated heterocycles. The summed E-state index contributed by atoms with van der Waals surface area (Å²) in [6, 6.07) is 11.5. The predicted octanol–water partition coefficient (Wildman–Crippen LogP) is -0.272. The first kappa shape index (κ1) is 22.6. The van der Waals surface area contributed by atoms with Gasteiger partial charge in [0.1, 0.15) is 6.73 Å². The molecule has 10 nitrogen and oxygen atoms in total. The summed E-state index contributed by atoms with van der Waals surface area (Å²) in [7, 11) is 0. The lowest BCUT2D eigenvalue weighted by Crippen LogP contribution is -2.61. The van der Waals surface area contributed by atoms with E-state index >= 15 is 0 Å². The van der Waals surface area contributed by atoms with Crippen molar-refractivity contribution in [3.05, 3.63) is 64.9 Å². The van der Waals surface area contributed by atoms with Gasteiger partial charge in [-0.15, -0.1) is 0 Å². The fraction of sp³-hybridized carbons (Fsp3) is 0.316. The Bertz CT molecular complexity index is 1030. The molecule has 2 aromatic carbocycles. The van der Waals surface area contributed by atoms with Crippen LogP contribution in [0.15, 0.2) is 48.5 Å². The number of hydrogen-bond donors (Lipinski definition) is 7. The molecule has 0 aliphatic rings. The van der Waals surface area contributed by atoms with Gasteiger partial charge in [0, 0.05) is 17.0 Å². The zero-order valence-corrected chi connectivity index (χ0v) is 16.6. The Labute approximate surface area is 176 Å². The molecule has 0 amide bonds. The van der Waals surface area contributed by atoms with Gasteiger partial charge in [0.15, 0.2) is 5.82 Å². The Balaban J connectivity index is 2.30. The Kier molecular flexibility index (Phi) is 5.91. The summed E-state index contributed by atoms with van der Waals surface area (Å²) in [5, 5.41) is 73.8. The summed E-state index contributed by atoms with van der Waals surface area (Å²) in [5.41, 5.74) is 0.158. The largest absolute Gasteiger partial charge is 0.381 e. The number of para-hydroxylation sites is 2. The number of aliphatic hydroxyl groups excluding tert-OH is 1. The predicted molar refractivity (Wildman–Crippen MR) is 105 cm³/mol. The first-order chi connectivity index (χ1) is 14.0. The van der Waals surface area contributed by atoms with Crippen LogP contribution in [0.3, 0.4) is 0 Å². The van der Waals surface area contributed by atoms with Gasteiger partial charge in [0.05, 0.1) is 11.0 Å². The molecule has 0 radical (unpaired) electrons. The number of hydrogen-bond acceptors (Lipinski definition) is 9. The van der Waals surface area contributed by atoms with Crippen LogP contribution in [0.25, 0.3) is 11.0 Å². The molecule has 0 aliphatic carbocycles. The summed E-state index contributed by atoms with van der Waals surface area (Å²) < 4.78 is 0.708. The Morgan fingerprint density at radius 1 is 0.967 bits per heavy atom. The van der Waals surface area contributed by atoms with Crippen molar-refractivity contribution in [2.24, 2.45) is 0 Å². The number of benzene rings is 2. The molecule has 3 aromatic rings. The van der Waals surface area contributed by atoms with Gasteiger partial charge >= 0.3 is 0 Å². The smallest absolute Gasteiger partial charge is 0.293 e. The molecule has 0 saturated carbocycles. The minimum Gasteiger partial charge on any atom is -0.381 e. The van der Waals surface area contributed by atoms with E-state index in [0.717, 1.165) is 0 Å². The molecular formula is C19H22ClN3O7. The van der Waals surface area contributed by atoms with Gasteiger partial charge in [0.2, 0.25) is 5.91 Å². The lowest BCUT2D eigenvalue weighted by Gasteiger charge is -2.41. The number of nitrogens with zero attached hydrogens (tertiary/aromatic N) is 3. The number of fused-ring (bicyclic) bond motifs is 1. The molecule has 3 rings (SSSR count). The zero-order valence-electron chi connectivity index (χ0n) is 15.9. The lowest BCUT2D eigenvalue weighted by molar-refractivity contribution is -0.409. The molecule has 0 bridgehead atoms. The van der Waals surface area contributed by atoms with Crippen molar-refractivity contribution in [2.75, 3.05) is 6.73 Å². The third-order valence-electron chi connectivity index (χ3n) is 4.83. The molecule has 30 heavy (non-hydrogen) atoms. The van der Waals surface area contributed by atoms with Crippen LogP contribution in [0.5, 0.6) is 0 Å².